The number of carboxylic acids is 1. The van der Waals surface area contributed by atoms with Crippen LogP contribution in [0.5, 0.6) is 0 Å². The molecule has 0 fully saturated rings. The Kier molecular flexibility index (Phi) is 13.4. The lowest BCUT2D eigenvalue weighted by Crippen LogP contribution is -2.42. The van der Waals surface area contributed by atoms with Crippen molar-refractivity contribution in [1.29, 1.82) is 0 Å². The number of hydrogen-bond donors (Lipinski definition) is 2. The van der Waals surface area contributed by atoms with Gasteiger partial charge in [0.2, 0.25) is 0 Å². The van der Waals surface area contributed by atoms with Gasteiger partial charge in [-0.05, 0) is 94.5 Å². The van der Waals surface area contributed by atoms with E-state index in [4.69, 9.17) is 0 Å². The van der Waals surface area contributed by atoms with Crippen molar-refractivity contribution in [2.24, 2.45) is 0 Å². The molecule has 0 aliphatic carbocycles. The van der Waals surface area contributed by atoms with Crippen LogP contribution in [0.4, 0.5) is 0 Å². The highest BCUT2D eigenvalue weighted by Gasteiger charge is 2.23. The van der Waals surface area contributed by atoms with E-state index in [0.29, 0.717) is 50.4 Å². The van der Waals surface area contributed by atoms with E-state index in [1.165, 1.54) is 0 Å². The van der Waals surface area contributed by atoms with Crippen LogP contribution >= 0.6 is 0 Å². The Morgan fingerprint density at radius 1 is 0.500 bits per heavy atom. The molecule has 7 aromatic rings. The molecule has 3 aromatic carbocycles. The Morgan fingerprint density at radius 2 is 0.931 bits per heavy atom. The van der Waals surface area contributed by atoms with Crippen LogP contribution in [0, 0.1) is 0 Å². The van der Waals surface area contributed by atoms with Gasteiger partial charge in [0.25, 0.3) is 5.91 Å². The Hall–Kier alpha value is -6.88. The van der Waals surface area contributed by atoms with Crippen LogP contribution in [-0.2, 0) is 50.5 Å². The second-order valence-electron chi connectivity index (χ2n) is 14.2. The fraction of sp³-hybridized carbons (Fsp3) is 0.167. The molecule has 10 heteroatoms. The van der Waals surface area contributed by atoms with E-state index in [2.05, 4.69) is 53.3 Å². The Bertz CT molecular complexity index is 2180. The number of nitrogens with zero attached hydrogens (tertiary/aromatic N) is 6. The maximum Gasteiger partial charge on any atom is 0.326 e. The molecule has 10 nitrogen and oxygen atoms in total. The number of amides is 1. The molecule has 4 aromatic heterocycles. The molecule has 1 amide bonds. The topological polar surface area (TPSA) is 124 Å². The van der Waals surface area contributed by atoms with Crippen molar-refractivity contribution < 1.29 is 14.7 Å². The van der Waals surface area contributed by atoms with Gasteiger partial charge in [-0.1, -0.05) is 78.9 Å². The molecule has 0 spiro atoms. The average Bonchev–Trinajstić information content (AvgIpc) is 3.25. The van der Waals surface area contributed by atoms with Gasteiger partial charge in [-0.25, -0.2) is 4.79 Å². The molecule has 0 bridgehead atoms. The lowest BCUT2D eigenvalue weighted by Gasteiger charge is -2.25. The second kappa shape index (κ2) is 19.8. The first-order valence-corrected chi connectivity index (χ1v) is 19.3. The SMILES string of the molecule is O=C(N[C@@H](Cc1ccccc1)C(=O)O)c1ccccc1-c1cc(CN(Cc2ccccn2)Cc2ccccn2)cc(CN(Cc2ccccn2)Cc2ccccn2)c1. The van der Waals surface area contributed by atoms with Gasteiger partial charge in [0.05, 0.1) is 22.8 Å². The van der Waals surface area contributed by atoms with Crippen LogP contribution in [-0.4, -0.2) is 52.8 Å². The Labute approximate surface area is 338 Å². The van der Waals surface area contributed by atoms with Gasteiger partial charge >= 0.3 is 5.97 Å². The maximum absolute atomic E-state index is 14.1. The summed E-state index contributed by atoms with van der Waals surface area (Å²) in [7, 11) is 0. The smallest absolute Gasteiger partial charge is 0.326 e. The van der Waals surface area contributed by atoms with Gasteiger partial charge < -0.3 is 10.4 Å². The first-order valence-electron chi connectivity index (χ1n) is 19.3. The van der Waals surface area contributed by atoms with Gasteiger partial charge in [0.1, 0.15) is 6.04 Å². The van der Waals surface area contributed by atoms with Crippen LogP contribution in [0.3, 0.4) is 0 Å². The summed E-state index contributed by atoms with van der Waals surface area (Å²) >= 11 is 0. The molecule has 0 aliphatic heterocycles. The minimum Gasteiger partial charge on any atom is -0.480 e. The summed E-state index contributed by atoms with van der Waals surface area (Å²) in [6, 6.07) is 45.8. The number of pyridine rings is 4. The fourth-order valence-corrected chi connectivity index (χ4v) is 7.05. The average molecular weight is 768 g/mol. The molecule has 2 N–H and O–H groups in total. The van der Waals surface area contributed by atoms with E-state index in [9.17, 15) is 14.7 Å². The molecule has 290 valence electrons. The van der Waals surface area contributed by atoms with Crippen molar-refractivity contribution in [3.05, 3.63) is 215 Å². The zero-order valence-electron chi connectivity index (χ0n) is 32.1. The minimum absolute atomic E-state index is 0.161. The third-order valence-electron chi connectivity index (χ3n) is 9.68. The molecule has 4 heterocycles. The minimum atomic E-state index is -1.11. The summed E-state index contributed by atoms with van der Waals surface area (Å²) < 4.78 is 0. The third kappa shape index (κ3) is 11.3. The Balaban J connectivity index is 1.26. The van der Waals surface area contributed by atoms with Crippen LogP contribution in [0.15, 0.2) is 170 Å². The zero-order valence-corrected chi connectivity index (χ0v) is 32.1. The molecule has 0 unspecified atom stereocenters. The standard InChI is InChI=1S/C48H45N7O3/c56-47(53-46(48(57)58)29-36-14-2-1-3-15-36)45-21-5-4-20-44(45)39-27-37(30-54(32-40-16-6-10-22-49-40)33-41-17-7-11-23-50-41)26-38(28-39)31-55(34-42-18-8-12-24-51-42)35-43-19-9-13-25-52-43/h1-28,46H,29-35H2,(H,53,56)(H,57,58)/t46-/m0/s1. The quantitative estimate of drug-likeness (QED) is 0.0902. The summed E-state index contributed by atoms with van der Waals surface area (Å²) in [6.07, 6.45) is 7.39. The molecule has 7 rings (SSSR count). The van der Waals surface area contributed by atoms with Crippen LogP contribution in [0.25, 0.3) is 11.1 Å². The van der Waals surface area contributed by atoms with Gasteiger partial charge in [-0.15, -0.1) is 0 Å². The van der Waals surface area contributed by atoms with Crippen LogP contribution in [0.2, 0.25) is 0 Å². The highest BCUT2D eigenvalue weighted by Crippen LogP contribution is 2.29. The van der Waals surface area contributed by atoms with E-state index < -0.39 is 17.9 Å². The molecule has 1 atom stereocenters. The number of aromatic nitrogens is 4. The Morgan fingerprint density at radius 3 is 1.36 bits per heavy atom. The highest BCUT2D eigenvalue weighted by molar-refractivity contribution is 6.02. The number of aliphatic carboxylic acids is 1. The maximum atomic E-state index is 14.1. The number of hydrogen-bond acceptors (Lipinski definition) is 8. The van der Waals surface area contributed by atoms with Crippen molar-refractivity contribution in [2.75, 3.05) is 0 Å². The number of carbonyl (C=O) groups excluding carboxylic acids is 1. The summed E-state index contributed by atoms with van der Waals surface area (Å²) in [5, 5.41) is 12.9. The molecule has 0 aliphatic rings. The molecular weight excluding hydrogens is 723 g/mol. The largest absolute Gasteiger partial charge is 0.480 e. The fourth-order valence-electron chi connectivity index (χ4n) is 7.05. The highest BCUT2D eigenvalue weighted by atomic mass is 16.4. The third-order valence-corrected chi connectivity index (χ3v) is 9.68. The number of rotatable bonds is 18. The van der Waals surface area contributed by atoms with Crippen LogP contribution < -0.4 is 5.32 Å². The lowest BCUT2D eigenvalue weighted by molar-refractivity contribution is -0.139. The van der Waals surface area contributed by atoms with Crippen molar-refractivity contribution >= 4 is 11.9 Å². The predicted molar refractivity (Wildman–Crippen MR) is 224 cm³/mol. The van der Waals surface area contributed by atoms with Crippen molar-refractivity contribution in [2.45, 2.75) is 51.7 Å². The summed E-state index contributed by atoms with van der Waals surface area (Å²) in [5.74, 6) is -1.55. The molecule has 0 saturated carbocycles. The van der Waals surface area contributed by atoms with Crippen LogP contribution in [0.1, 0.15) is 49.8 Å². The van der Waals surface area contributed by atoms with E-state index >= 15 is 0 Å². The molecule has 0 saturated heterocycles. The number of carboxylic acid groups (broad SMARTS) is 1. The number of benzene rings is 3. The van der Waals surface area contributed by atoms with Gasteiger partial charge in [-0.2, -0.15) is 0 Å². The summed E-state index contributed by atoms with van der Waals surface area (Å²) in [4.78, 5) is 49.6. The van der Waals surface area contributed by atoms with Crippen molar-refractivity contribution in [1.82, 2.24) is 35.1 Å². The summed E-state index contributed by atoms with van der Waals surface area (Å²) in [6.45, 7) is 3.53. The van der Waals surface area contributed by atoms with E-state index in [-0.39, 0.29) is 6.42 Å². The monoisotopic (exact) mass is 767 g/mol. The van der Waals surface area contributed by atoms with Gasteiger partial charge in [0.15, 0.2) is 0 Å². The van der Waals surface area contributed by atoms with E-state index in [1.54, 1.807) is 12.1 Å². The second-order valence-corrected chi connectivity index (χ2v) is 14.2. The summed E-state index contributed by atoms with van der Waals surface area (Å²) in [5.41, 5.74) is 8.61. The molecule has 58 heavy (non-hydrogen) atoms. The number of nitrogens with one attached hydrogen (secondary N) is 1. The van der Waals surface area contributed by atoms with Crippen molar-refractivity contribution in [3.8, 4) is 11.1 Å². The molecule has 0 radical (unpaired) electrons. The first kappa shape index (κ1) is 39.4. The normalized spacial score (nSPS) is 11.7. The van der Waals surface area contributed by atoms with Gasteiger partial charge in [-0.3, -0.25) is 34.5 Å². The molecular formula is C48H45N7O3. The first-order chi connectivity index (χ1) is 28.4. The number of carbonyl (C=O) groups is 2. The van der Waals surface area contributed by atoms with Crippen molar-refractivity contribution in [3.63, 3.8) is 0 Å². The lowest BCUT2D eigenvalue weighted by atomic mass is 9.94. The van der Waals surface area contributed by atoms with Gasteiger partial charge in [0, 0.05) is 76.0 Å². The zero-order chi connectivity index (χ0) is 39.9. The van der Waals surface area contributed by atoms with E-state index in [0.717, 1.165) is 45.0 Å². The predicted octanol–water partition coefficient (Wildman–Crippen LogP) is 7.76. The van der Waals surface area contributed by atoms with E-state index in [1.807, 2.05) is 140 Å².